The summed E-state index contributed by atoms with van der Waals surface area (Å²) in [4.78, 5) is 13.8. The first-order valence-corrected chi connectivity index (χ1v) is 15.5. The van der Waals surface area contributed by atoms with E-state index in [-0.39, 0.29) is 29.0 Å². The summed E-state index contributed by atoms with van der Waals surface area (Å²) in [6.07, 6.45) is 11.6. The van der Waals surface area contributed by atoms with Crippen molar-refractivity contribution in [3.8, 4) is 0 Å². The first-order valence-electron chi connectivity index (χ1n) is 15.5. The predicted octanol–water partition coefficient (Wildman–Crippen LogP) is 6.03. The lowest BCUT2D eigenvalue weighted by Gasteiger charge is -2.59. The molecule has 6 nitrogen and oxygen atoms in total. The van der Waals surface area contributed by atoms with Gasteiger partial charge in [-0.25, -0.2) is 0 Å². The topological polar surface area (TPSA) is 102 Å². The molecule has 0 amide bonds. The van der Waals surface area contributed by atoms with Crippen molar-refractivity contribution in [1.82, 2.24) is 0 Å². The summed E-state index contributed by atoms with van der Waals surface area (Å²) in [5.41, 5.74) is 9.58. The number of hydrogen-bond acceptors (Lipinski definition) is 6. The van der Waals surface area contributed by atoms with Crippen LogP contribution in [-0.4, -0.2) is 40.4 Å². The largest absolute Gasteiger partial charge is 0.399 e. The molecule has 0 spiro atoms. The number of nitrogens with two attached hydrogens (primary N) is 1. The van der Waals surface area contributed by atoms with Gasteiger partial charge in [-0.1, -0.05) is 92.8 Å². The Bertz CT molecular complexity index is 1560. The molecule has 5 aliphatic rings. The molecule has 6 heteroatoms. The van der Waals surface area contributed by atoms with Crippen molar-refractivity contribution >= 4 is 23.6 Å². The van der Waals surface area contributed by atoms with Crippen LogP contribution in [0.15, 0.2) is 84.5 Å². The fourth-order valence-corrected chi connectivity index (χ4v) is 9.53. The van der Waals surface area contributed by atoms with Crippen LogP contribution in [0.25, 0.3) is 12.2 Å². The Morgan fingerprint density at radius 2 is 1.91 bits per heavy atom. The van der Waals surface area contributed by atoms with Gasteiger partial charge < -0.3 is 25.4 Å². The monoisotopic (exact) mass is 579 g/mol. The van der Waals surface area contributed by atoms with Crippen molar-refractivity contribution in [1.29, 1.82) is 0 Å². The minimum atomic E-state index is -1.32. The molecule has 3 saturated carbocycles. The molecule has 4 fully saturated rings. The molecule has 4 aliphatic carbocycles. The third-order valence-electron chi connectivity index (χ3n) is 11.5. The zero-order valence-corrected chi connectivity index (χ0v) is 24.9. The molecule has 43 heavy (non-hydrogen) atoms. The van der Waals surface area contributed by atoms with Gasteiger partial charge in [-0.3, -0.25) is 4.79 Å². The van der Waals surface area contributed by atoms with E-state index in [0.717, 1.165) is 40.8 Å². The maximum absolute atomic E-state index is 13.8. The van der Waals surface area contributed by atoms with Crippen molar-refractivity contribution in [3.63, 3.8) is 0 Å². The molecule has 2 aromatic carbocycles. The summed E-state index contributed by atoms with van der Waals surface area (Å²) in [6.45, 7) is 7.84. The molecule has 0 bridgehead atoms. The van der Waals surface area contributed by atoms with Crippen LogP contribution < -0.4 is 5.73 Å². The number of allylic oxidation sites excluding steroid dienone is 5. The number of nitrogen functional groups attached to an aromatic ring is 1. The highest BCUT2D eigenvalue weighted by atomic mass is 16.7. The highest BCUT2D eigenvalue weighted by molar-refractivity contribution is 5.91. The Balaban J connectivity index is 1.17. The van der Waals surface area contributed by atoms with E-state index < -0.39 is 36.1 Å². The first kappa shape index (κ1) is 28.5. The first-order chi connectivity index (χ1) is 20.6. The Kier molecular flexibility index (Phi) is 6.71. The van der Waals surface area contributed by atoms with Gasteiger partial charge in [0.05, 0.1) is 12.2 Å². The second-order valence-corrected chi connectivity index (χ2v) is 13.7. The SMILES string of the molecule is C=C1C=C[C@@]2(C)C(=C1)CC[C@@H]1[C@@H]2[C@@H](O)C[C@@]2(C)[C@H]1C[C@H]1O[C@@H](c3ccc(/C=C/c4cccc(N)c4)cc3)O[C@]12C(=O)CO. The third kappa shape index (κ3) is 4.18. The molecule has 224 valence electrons. The zero-order valence-electron chi connectivity index (χ0n) is 24.9. The van der Waals surface area contributed by atoms with Crippen LogP contribution in [0.3, 0.4) is 0 Å². The van der Waals surface area contributed by atoms with Gasteiger partial charge >= 0.3 is 0 Å². The number of aliphatic hydroxyl groups is 2. The van der Waals surface area contributed by atoms with E-state index >= 15 is 0 Å². The normalized spacial score (nSPS) is 39.6. The smallest absolute Gasteiger partial charge is 0.193 e. The molecule has 0 unspecified atom stereocenters. The van der Waals surface area contributed by atoms with E-state index in [1.54, 1.807) is 0 Å². The van der Waals surface area contributed by atoms with Crippen LogP contribution >= 0.6 is 0 Å². The average molecular weight is 580 g/mol. The van der Waals surface area contributed by atoms with E-state index in [9.17, 15) is 15.0 Å². The summed E-state index contributed by atoms with van der Waals surface area (Å²) in [5, 5.41) is 22.1. The van der Waals surface area contributed by atoms with Crippen LogP contribution in [0.5, 0.6) is 0 Å². The minimum absolute atomic E-state index is 0.0405. The molecule has 9 atom stereocenters. The number of Topliss-reactive ketones (excluding diaryl/α,β-unsaturated/α-hetero) is 1. The number of fused-ring (bicyclic) bond motifs is 7. The maximum Gasteiger partial charge on any atom is 0.193 e. The van der Waals surface area contributed by atoms with Crippen molar-refractivity contribution < 1.29 is 24.5 Å². The number of benzene rings is 2. The van der Waals surface area contributed by atoms with Gasteiger partial charge in [-0.2, -0.15) is 0 Å². The fourth-order valence-electron chi connectivity index (χ4n) is 9.53. The maximum atomic E-state index is 13.8. The second-order valence-electron chi connectivity index (χ2n) is 13.7. The Hall–Kier alpha value is -3.29. The van der Waals surface area contributed by atoms with Crippen molar-refractivity contribution in [3.05, 3.63) is 101 Å². The van der Waals surface area contributed by atoms with E-state index in [1.165, 1.54) is 5.57 Å². The summed E-state index contributed by atoms with van der Waals surface area (Å²) < 4.78 is 13.3. The number of ether oxygens (including phenoxy) is 2. The lowest BCUT2D eigenvalue weighted by Crippen LogP contribution is -2.63. The van der Waals surface area contributed by atoms with Crippen molar-refractivity contribution in [2.75, 3.05) is 12.3 Å². The summed E-state index contributed by atoms with van der Waals surface area (Å²) in [6, 6.07) is 15.6. The highest BCUT2D eigenvalue weighted by Gasteiger charge is 2.75. The number of hydrogen-bond donors (Lipinski definition) is 3. The van der Waals surface area contributed by atoms with Crippen molar-refractivity contribution in [2.45, 2.75) is 63.6 Å². The number of carbonyl (C=O) groups excluding carboxylic acids is 1. The van der Waals surface area contributed by atoms with Gasteiger partial charge in [0.1, 0.15) is 6.61 Å². The van der Waals surface area contributed by atoms with E-state index in [0.29, 0.717) is 12.8 Å². The molecule has 1 heterocycles. The standard InChI is InChI=1S/C37H41NO5/c1-22-15-16-35(2)26(17-22)13-14-28-29-19-32-37(31(41)21-39,36(29,3)20-30(40)33(28)35)43-34(42-32)25-11-9-23(10-12-25)7-8-24-5-4-6-27(38)18-24/h4-12,15-18,28-30,32-34,39-40H,1,13-14,19-21,38H2,2-3H3/b8-7+/t28-,29-,30-,32+,33+,34+,35-,36-,37+/m0/s1. The molecule has 0 aromatic heterocycles. The van der Waals surface area contributed by atoms with Gasteiger partial charge in [0.15, 0.2) is 17.7 Å². The molecule has 2 aromatic rings. The van der Waals surface area contributed by atoms with E-state index in [2.05, 4.69) is 38.7 Å². The fraction of sp³-hybridized carbons (Fsp3) is 0.432. The molecule has 1 saturated heterocycles. The Morgan fingerprint density at radius 1 is 1.14 bits per heavy atom. The van der Waals surface area contributed by atoms with E-state index in [4.69, 9.17) is 15.2 Å². The second kappa shape index (κ2) is 10.1. The van der Waals surface area contributed by atoms with Gasteiger partial charge in [0.2, 0.25) is 0 Å². The molecule has 4 N–H and O–H groups in total. The van der Waals surface area contributed by atoms with Crippen LogP contribution in [0.4, 0.5) is 5.69 Å². The lowest BCUT2D eigenvalue weighted by molar-refractivity contribution is -0.201. The van der Waals surface area contributed by atoms with Gasteiger partial charge in [-0.15, -0.1) is 0 Å². The van der Waals surface area contributed by atoms with Crippen LogP contribution in [0.2, 0.25) is 0 Å². The van der Waals surface area contributed by atoms with Crippen molar-refractivity contribution in [2.24, 2.45) is 28.6 Å². The van der Waals surface area contributed by atoms with Crippen LogP contribution in [-0.2, 0) is 14.3 Å². The minimum Gasteiger partial charge on any atom is -0.399 e. The number of anilines is 1. The van der Waals surface area contributed by atoms with E-state index in [1.807, 2.05) is 60.7 Å². The van der Waals surface area contributed by atoms with Gasteiger partial charge in [0.25, 0.3) is 0 Å². The number of carbonyl (C=O) groups is 1. The van der Waals surface area contributed by atoms with Gasteiger partial charge in [0, 0.05) is 28.0 Å². The zero-order chi connectivity index (χ0) is 30.1. The Labute approximate surface area is 253 Å². The van der Waals surface area contributed by atoms with Crippen LogP contribution in [0, 0.1) is 28.6 Å². The molecule has 1 aliphatic heterocycles. The predicted molar refractivity (Wildman–Crippen MR) is 167 cm³/mol. The highest BCUT2D eigenvalue weighted by Crippen LogP contribution is 2.70. The summed E-state index contributed by atoms with van der Waals surface area (Å²) in [5.74, 6) is 0.0175. The number of ketones is 1. The number of rotatable bonds is 5. The lowest BCUT2D eigenvalue weighted by atomic mass is 9.46. The van der Waals surface area contributed by atoms with Gasteiger partial charge in [-0.05, 0) is 66.4 Å². The summed E-state index contributed by atoms with van der Waals surface area (Å²) in [7, 11) is 0. The average Bonchev–Trinajstić information content (AvgIpc) is 3.49. The summed E-state index contributed by atoms with van der Waals surface area (Å²) >= 11 is 0. The molecule has 0 radical (unpaired) electrons. The van der Waals surface area contributed by atoms with Crippen LogP contribution in [0.1, 0.15) is 62.5 Å². The Morgan fingerprint density at radius 3 is 2.65 bits per heavy atom. The molecule has 7 rings (SSSR count). The number of aliphatic hydroxyl groups excluding tert-OH is 2. The quantitative estimate of drug-likeness (QED) is 0.295. The third-order valence-corrected chi connectivity index (χ3v) is 11.5. The molecular weight excluding hydrogens is 538 g/mol. The molecular formula is C37H41NO5.